The van der Waals surface area contributed by atoms with E-state index in [0.717, 1.165) is 55.8 Å². The van der Waals surface area contributed by atoms with E-state index in [1.54, 1.807) is 5.57 Å². The molecule has 5 aliphatic rings. The molecule has 0 saturated heterocycles. The molecule has 0 unspecified atom stereocenters. The molecule has 1 N–H and O–H groups in total. The van der Waals surface area contributed by atoms with Crippen molar-refractivity contribution < 1.29 is 9.90 Å². The first kappa shape index (κ1) is 21.9. The largest absolute Gasteiger partial charge is 0.389 e. The highest BCUT2D eigenvalue weighted by Crippen LogP contribution is 2.72. The van der Waals surface area contributed by atoms with E-state index in [1.165, 1.54) is 37.7 Å². The van der Waals surface area contributed by atoms with E-state index in [4.69, 9.17) is 0 Å². The Morgan fingerprint density at radius 3 is 2.55 bits per heavy atom. The van der Waals surface area contributed by atoms with Crippen LogP contribution in [0.3, 0.4) is 0 Å². The molecule has 8 atom stereocenters. The summed E-state index contributed by atoms with van der Waals surface area (Å²) in [5.74, 6) is 4.27. The number of carbonyl (C=O) groups is 1. The summed E-state index contributed by atoms with van der Waals surface area (Å²) < 4.78 is 0. The molecule has 0 aromatic rings. The van der Waals surface area contributed by atoms with Crippen molar-refractivity contribution in [3.63, 3.8) is 0 Å². The lowest BCUT2D eigenvalue weighted by Crippen LogP contribution is -2.52. The summed E-state index contributed by atoms with van der Waals surface area (Å²) in [5.41, 5.74) is 3.47. The Kier molecular flexibility index (Phi) is 5.17. The van der Waals surface area contributed by atoms with Gasteiger partial charge in [-0.1, -0.05) is 44.1 Å². The van der Waals surface area contributed by atoms with Crippen molar-refractivity contribution in [3.05, 3.63) is 23.3 Å². The van der Waals surface area contributed by atoms with Gasteiger partial charge in [-0.15, -0.1) is 0 Å². The minimum atomic E-state index is -0.299. The maximum Gasteiger partial charge on any atom is 0.143 e. The first-order valence-electron chi connectivity index (χ1n) is 13.2. The number of hydrogen-bond donors (Lipinski definition) is 1. The molecule has 172 valence electrons. The number of Topliss-reactive ketones (excluding diaryl/α,β-unsaturated/α-hetero) is 1. The molecule has 5 rings (SSSR count). The Labute approximate surface area is 190 Å². The fourth-order valence-electron chi connectivity index (χ4n) is 9.57. The van der Waals surface area contributed by atoms with Crippen molar-refractivity contribution in [2.75, 3.05) is 0 Å². The van der Waals surface area contributed by atoms with Gasteiger partial charge in [-0.3, -0.25) is 4.79 Å². The zero-order valence-electron chi connectivity index (χ0n) is 20.5. The number of aliphatic hydroxyl groups excluding tert-OH is 1. The highest BCUT2D eigenvalue weighted by Gasteiger charge is 2.65. The standard InChI is InChI=1S/C29H44O2/c1-18(2)16-20(30)17-19(3)22-7-8-23-21-6-9-25-28(5,24(21)10-12-27(22,23)4)13-11-26(31)29(25)14-15-29/h9,16,19-24,30H,6-8,10-15,17H2,1-5H3/t19-,20-,21+,22-,23+,24+,27-,28-/m1/s1. The molecule has 2 nitrogen and oxygen atoms in total. The highest BCUT2D eigenvalue weighted by molar-refractivity contribution is 5.92. The minimum Gasteiger partial charge on any atom is -0.389 e. The smallest absolute Gasteiger partial charge is 0.143 e. The Hall–Kier alpha value is -0.890. The molecule has 0 radical (unpaired) electrons. The molecule has 0 aromatic heterocycles. The Balaban J connectivity index is 1.38. The lowest BCUT2D eigenvalue weighted by molar-refractivity contribution is -0.128. The normalized spacial score (nSPS) is 44.6. The van der Waals surface area contributed by atoms with Gasteiger partial charge in [0.05, 0.1) is 11.5 Å². The molecule has 0 heterocycles. The van der Waals surface area contributed by atoms with E-state index in [1.807, 2.05) is 6.08 Å². The van der Waals surface area contributed by atoms with Crippen LogP contribution in [0.1, 0.15) is 98.8 Å². The van der Waals surface area contributed by atoms with Crippen molar-refractivity contribution in [3.8, 4) is 0 Å². The number of aliphatic hydroxyl groups is 1. The molecule has 4 fully saturated rings. The summed E-state index contributed by atoms with van der Waals surface area (Å²) in [7, 11) is 0. The third-order valence-electron chi connectivity index (χ3n) is 11.0. The molecule has 0 aromatic carbocycles. The van der Waals surface area contributed by atoms with Gasteiger partial charge in [0.2, 0.25) is 0 Å². The Bertz CT molecular complexity index is 813. The Morgan fingerprint density at radius 2 is 1.87 bits per heavy atom. The molecule has 0 amide bonds. The van der Waals surface area contributed by atoms with E-state index >= 15 is 0 Å². The summed E-state index contributed by atoms with van der Waals surface area (Å²) in [5, 5.41) is 10.5. The van der Waals surface area contributed by atoms with Crippen molar-refractivity contribution in [2.24, 2.45) is 45.8 Å². The second-order valence-electron chi connectivity index (χ2n) is 12.9. The van der Waals surface area contributed by atoms with Gasteiger partial charge in [-0.25, -0.2) is 0 Å². The van der Waals surface area contributed by atoms with Crippen molar-refractivity contribution in [1.82, 2.24) is 0 Å². The summed E-state index contributed by atoms with van der Waals surface area (Å²) in [4.78, 5) is 12.8. The third kappa shape index (κ3) is 3.17. The zero-order valence-corrected chi connectivity index (χ0v) is 20.5. The van der Waals surface area contributed by atoms with E-state index in [2.05, 4.69) is 40.7 Å². The average Bonchev–Trinajstić information content (AvgIpc) is 3.39. The van der Waals surface area contributed by atoms with Crippen molar-refractivity contribution in [1.29, 1.82) is 0 Å². The van der Waals surface area contributed by atoms with Crippen LogP contribution in [0.4, 0.5) is 0 Å². The quantitative estimate of drug-likeness (QED) is 0.500. The minimum absolute atomic E-state index is 0.0213. The molecule has 5 aliphatic carbocycles. The van der Waals surface area contributed by atoms with Gasteiger partial charge < -0.3 is 5.11 Å². The zero-order chi connectivity index (χ0) is 22.2. The van der Waals surface area contributed by atoms with Crippen molar-refractivity contribution >= 4 is 5.78 Å². The molecule has 0 aliphatic heterocycles. The van der Waals surface area contributed by atoms with Crippen LogP contribution in [-0.2, 0) is 4.79 Å². The summed E-state index contributed by atoms with van der Waals surface area (Å²) in [6, 6.07) is 0. The summed E-state index contributed by atoms with van der Waals surface area (Å²) in [6.07, 6.45) is 16.0. The molecular weight excluding hydrogens is 380 g/mol. The maximum absolute atomic E-state index is 12.8. The van der Waals surface area contributed by atoms with E-state index in [9.17, 15) is 9.90 Å². The SMILES string of the molecule is CC(C)=C[C@@H](O)C[C@@H](C)[C@H]1CC[C@H]2[C@@H]3CC=C4C5(CC5)C(=O)CC[C@]4(C)[C@H]3CC[C@]12C. The van der Waals surface area contributed by atoms with Gasteiger partial charge >= 0.3 is 0 Å². The van der Waals surface area contributed by atoms with E-state index < -0.39 is 0 Å². The maximum atomic E-state index is 12.8. The van der Waals surface area contributed by atoms with E-state index in [0.29, 0.717) is 17.1 Å². The third-order valence-corrected chi connectivity index (χ3v) is 11.0. The first-order chi connectivity index (χ1) is 14.6. The monoisotopic (exact) mass is 424 g/mol. The van der Waals surface area contributed by atoms with Crippen LogP contribution in [0.15, 0.2) is 23.3 Å². The van der Waals surface area contributed by atoms with Gasteiger partial charge in [0.1, 0.15) is 5.78 Å². The molecule has 0 bridgehead atoms. The highest BCUT2D eigenvalue weighted by atomic mass is 16.3. The van der Waals surface area contributed by atoms with Gasteiger partial charge in [-0.2, -0.15) is 0 Å². The predicted octanol–water partition coefficient (Wildman–Crippen LogP) is 6.88. The predicted molar refractivity (Wildman–Crippen MR) is 126 cm³/mol. The van der Waals surface area contributed by atoms with Crippen LogP contribution in [0, 0.1) is 45.8 Å². The molecule has 4 saturated carbocycles. The topological polar surface area (TPSA) is 37.3 Å². The number of allylic oxidation sites excluding steroid dienone is 3. The Morgan fingerprint density at radius 1 is 1.13 bits per heavy atom. The van der Waals surface area contributed by atoms with Gasteiger partial charge in [0.25, 0.3) is 0 Å². The molecular formula is C29H44O2. The van der Waals surface area contributed by atoms with Gasteiger partial charge in [0.15, 0.2) is 0 Å². The summed E-state index contributed by atoms with van der Waals surface area (Å²) in [6.45, 7) is 11.7. The number of rotatable bonds is 4. The number of hydrogen-bond acceptors (Lipinski definition) is 2. The molecule has 2 heteroatoms. The van der Waals surface area contributed by atoms with Crippen LogP contribution in [0.2, 0.25) is 0 Å². The van der Waals surface area contributed by atoms with Crippen LogP contribution in [0.5, 0.6) is 0 Å². The van der Waals surface area contributed by atoms with Gasteiger partial charge in [-0.05, 0) is 112 Å². The second kappa shape index (κ2) is 7.31. The summed E-state index contributed by atoms with van der Waals surface area (Å²) >= 11 is 0. The van der Waals surface area contributed by atoms with Crippen LogP contribution < -0.4 is 0 Å². The lowest BCUT2D eigenvalue weighted by Gasteiger charge is -2.59. The van der Waals surface area contributed by atoms with Crippen molar-refractivity contribution in [2.45, 2.75) is 105 Å². The number of ketones is 1. The molecule has 1 spiro atoms. The molecule has 31 heavy (non-hydrogen) atoms. The fourth-order valence-corrected chi connectivity index (χ4v) is 9.57. The van der Waals surface area contributed by atoms with E-state index in [-0.39, 0.29) is 16.9 Å². The first-order valence-corrected chi connectivity index (χ1v) is 13.2. The van der Waals surface area contributed by atoms with Crippen LogP contribution in [-0.4, -0.2) is 17.0 Å². The second-order valence-corrected chi connectivity index (χ2v) is 12.9. The average molecular weight is 425 g/mol. The van der Waals surface area contributed by atoms with Crippen LogP contribution >= 0.6 is 0 Å². The number of fused-ring (bicyclic) bond motifs is 6. The fraction of sp³-hybridized carbons (Fsp3) is 0.828. The lowest BCUT2D eigenvalue weighted by atomic mass is 9.45. The number of carbonyl (C=O) groups excluding carboxylic acids is 1. The van der Waals surface area contributed by atoms with Crippen LogP contribution in [0.25, 0.3) is 0 Å². The van der Waals surface area contributed by atoms with Gasteiger partial charge in [0, 0.05) is 6.42 Å².